The summed E-state index contributed by atoms with van der Waals surface area (Å²) < 4.78 is 5.45. The summed E-state index contributed by atoms with van der Waals surface area (Å²) in [5.41, 5.74) is 0. The van der Waals surface area contributed by atoms with Gasteiger partial charge in [0.1, 0.15) is 16.0 Å². The minimum absolute atomic E-state index is 0.0330. The number of ether oxygens (including phenoxy) is 1. The number of nitrogens with one attached hydrogen (secondary N) is 2. The first-order valence-electron chi connectivity index (χ1n) is 6.27. The van der Waals surface area contributed by atoms with E-state index in [9.17, 15) is 4.79 Å². The maximum atomic E-state index is 11.9. The number of carbonyl (C=O) groups is 1. The van der Waals surface area contributed by atoms with E-state index in [0.717, 1.165) is 24.6 Å². The number of aromatic nitrogens is 1. The van der Waals surface area contributed by atoms with Crippen LogP contribution >= 0.6 is 11.3 Å². The summed E-state index contributed by atoms with van der Waals surface area (Å²) in [6, 6.07) is 0. The Labute approximate surface area is 111 Å². The van der Waals surface area contributed by atoms with Gasteiger partial charge in [0.25, 0.3) is 5.91 Å². The van der Waals surface area contributed by atoms with Crippen molar-refractivity contribution in [3.05, 3.63) is 16.1 Å². The number of carbonyl (C=O) groups excluding carboxylic acids is 1. The molecule has 2 heterocycles. The monoisotopic (exact) mass is 269 g/mol. The topological polar surface area (TPSA) is 63.2 Å². The lowest BCUT2D eigenvalue weighted by Gasteiger charge is -2.26. The van der Waals surface area contributed by atoms with Gasteiger partial charge in [-0.1, -0.05) is 0 Å². The lowest BCUT2D eigenvalue weighted by Crippen LogP contribution is -2.48. The molecular weight excluding hydrogens is 250 g/mol. The summed E-state index contributed by atoms with van der Waals surface area (Å²) in [5.74, 6) is 0.540. The van der Waals surface area contributed by atoms with Crippen LogP contribution in [0.3, 0.4) is 0 Å². The van der Waals surface area contributed by atoms with Gasteiger partial charge in [-0.05, 0) is 13.8 Å². The normalized spacial score (nSPS) is 17.2. The highest BCUT2D eigenvalue weighted by molar-refractivity contribution is 7.13. The molecule has 1 fully saturated rings. The number of rotatable bonds is 6. The van der Waals surface area contributed by atoms with E-state index in [-0.39, 0.29) is 12.0 Å². The second-order valence-electron chi connectivity index (χ2n) is 4.39. The number of hydrogen-bond donors (Lipinski definition) is 2. The van der Waals surface area contributed by atoms with Gasteiger partial charge in [0.05, 0.1) is 6.20 Å². The van der Waals surface area contributed by atoms with Crippen molar-refractivity contribution in [2.45, 2.75) is 20.0 Å². The zero-order chi connectivity index (χ0) is 13.0. The largest absolute Gasteiger partial charge is 0.372 e. The quantitative estimate of drug-likeness (QED) is 0.814. The van der Waals surface area contributed by atoms with E-state index in [2.05, 4.69) is 15.6 Å². The lowest BCUT2D eigenvalue weighted by molar-refractivity contribution is 0.0762. The van der Waals surface area contributed by atoms with Gasteiger partial charge >= 0.3 is 0 Å². The third-order valence-corrected chi connectivity index (χ3v) is 4.09. The highest BCUT2D eigenvalue weighted by Crippen LogP contribution is 2.22. The van der Waals surface area contributed by atoms with Crippen LogP contribution in [0.15, 0.2) is 6.20 Å². The molecule has 0 aromatic carbocycles. The van der Waals surface area contributed by atoms with Gasteiger partial charge in [-0.2, -0.15) is 0 Å². The highest BCUT2D eigenvalue weighted by Gasteiger charge is 2.19. The Morgan fingerprint density at radius 1 is 1.72 bits per heavy atom. The Balaban J connectivity index is 1.85. The molecule has 0 radical (unpaired) electrons. The molecule has 0 aliphatic carbocycles. The third kappa shape index (κ3) is 3.28. The zero-order valence-corrected chi connectivity index (χ0v) is 11.5. The fourth-order valence-corrected chi connectivity index (χ4v) is 2.55. The van der Waals surface area contributed by atoms with E-state index < -0.39 is 0 Å². The summed E-state index contributed by atoms with van der Waals surface area (Å²) in [4.78, 5) is 16.8. The van der Waals surface area contributed by atoms with Crippen LogP contribution in [0, 0.1) is 5.92 Å². The smallest absolute Gasteiger partial charge is 0.263 e. The van der Waals surface area contributed by atoms with Crippen molar-refractivity contribution in [2.75, 3.05) is 26.2 Å². The molecule has 0 bridgehead atoms. The molecule has 1 aromatic heterocycles. The van der Waals surface area contributed by atoms with E-state index >= 15 is 0 Å². The van der Waals surface area contributed by atoms with Crippen molar-refractivity contribution in [1.82, 2.24) is 15.6 Å². The van der Waals surface area contributed by atoms with Crippen LogP contribution in [0.4, 0.5) is 0 Å². The van der Waals surface area contributed by atoms with Gasteiger partial charge in [-0.3, -0.25) is 4.79 Å². The van der Waals surface area contributed by atoms with Gasteiger partial charge in [0.15, 0.2) is 0 Å². The lowest BCUT2D eigenvalue weighted by atomic mass is 10.0. The first-order chi connectivity index (χ1) is 8.70. The number of amides is 1. The molecule has 1 atom stereocenters. The van der Waals surface area contributed by atoms with Crippen LogP contribution in [-0.2, 0) is 4.74 Å². The Morgan fingerprint density at radius 2 is 2.50 bits per heavy atom. The maximum Gasteiger partial charge on any atom is 0.263 e. The summed E-state index contributed by atoms with van der Waals surface area (Å²) >= 11 is 1.40. The molecule has 5 nitrogen and oxygen atoms in total. The first-order valence-corrected chi connectivity index (χ1v) is 7.08. The molecule has 1 aromatic rings. The minimum atomic E-state index is -0.0441. The molecule has 1 saturated heterocycles. The van der Waals surface area contributed by atoms with Crippen LogP contribution in [0.2, 0.25) is 0 Å². The van der Waals surface area contributed by atoms with Gasteiger partial charge in [-0.15, -0.1) is 11.3 Å². The molecule has 100 valence electrons. The molecule has 0 saturated carbocycles. The van der Waals surface area contributed by atoms with E-state index in [0.29, 0.717) is 17.4 Å². The third-order valence-electron chi connectivity index (χ3n) is 2.93. The SMILES string of the molecule is CCOC(C)c1ncc(C(=O)NCC2CNC2)s1. The van der Waals surface area contributed by atoms with Crippen molar-refractivity contribution < 1.29 is 9.53 Å². The average Bonchev–Trinajstić information content (AvgIpc) is 2.76. The molecule has 1 unspecified atom stereocenters. The first kappa shape index (κ1) is 13.5. The van der Waals surface area contributed by atoms with Crippen LogP contribution in [0.25, 0.3) is 0 Å². The van der Waals surface area contributed by atoms with E-state index in [1.807, 2.05) is 13.8 Å². The number of nitrogens with zero attached hydrogens (tertiary/aromatic N) is 1. The van der Waals surface area contributed by atoms with Crippen LogP contribution in [-0.4, -0.2) is 37.1 Å². The number of thiazole rings is 1. The van der Waals surface area contributed by atoms with E-state index in [1.54, 1.807) is 6.20 Å². The highest BCUT2D eigenvalue weighted by atomic mass is 32.1. The molecule has 1 aliphatic rings. The summed E-state index contributed by atoms with van der Waals surface area (Å²) in [7, 11) is 0. The standard InChI is InChI=1S/C12H19N3O2S/c1-3-17-8(2)12-15-7-10(18-12)11(16)14-6-9-4-13-5-9/h7-9,13H,3-6H2,1-2H3,(H,14,16). The molecule has 0 spiro atoms. The average molecular weight is 269 g/mol. The van der Waals surface area contributed by atoms with Crippen molar-refractivity contribution in [1.29, 1.82) is 0 Å². The van der Waals surface area contributed by atoms with Gasteiger partial charge < -0.3 is 15.4 Å². The fraction of sp³-hybridized carbons (Fsp3) is 0.667. The van der Waals surface area contributed by atoms with Crippen molar-refractivity contribution in [3.63, 3.8) is 0 Å². The molecule has 1 aliphatic heterocycles. The minimum Gasteiger partial charge on any atom is -0.372 e. The predicted molar refractivity (Wildman–Crippen MR) is 70.8 cm³/mol. The zero-order valence-electron chi connectivity index (χ0n) is 10.7. The Morgan fingerprint density at radius 3 is 3.11 bits per heavy atom. The van der Waals surface area contributed by atoms with Gasteiger partial charge in [0, 0.05) is 32.2 Å². The van der Waals surface area contributed by atoms with Crippen molar-refractivity contribution in [2.24, 2.45) is 5.92 Å². The molecule has 2 rings (SSSR count). The second kappa shape index (κ2) is 6.26. The van der Waals surface area contributed by atoms with Crippen LogP contribution < -0.4 is 10.6 Å². The molecular formula is C12H19N3O2S. The number of hydrogen-bond acceptors (Lipinski definition) is 5. The summed E-state index contributed by atoms with van der Waals surface area (Å²) in [6.45, 7) is 7.27. The van der Waals surface area contributed by atoms with Crippen LogP contribution in [0.5, 0.6) is 0 Å². The molecule has 1 amide bonds. The Bertz CT molecular complexity index is 404. The summed E-state index contributed by atoms with van der Waals surface area (Å²) in [5, 5.41) is 6.97. The predicted octanol–water partition coefficient (Wildman–Crippen LogP) is 1.19. The van der Waals surface area contributed by atoms with Crippen molar-refractivity contribution >= 4 is 17.2 Å². The van der Waals surface area contributed by atoms with Gasteiger partial charge in [-0.25, -0.2) is 4.98 Å². The molecule has 2 N–H and O–H groups in total. The Kier molecular flexibility index (Phi) is 4.68. The van der Waals surface area contributed by atoms with Crippen LogP contribution in [0.1, 0.15) is 34.6 Å². The fourth-order valence-electron chi connectivity index (χ4n) is 1.72. The second-order valence-corrected chi connectivity index (χ2v) is 5.46. The molecule has 18 heavy (non-hydrogen) atoms. The summed E-state index contributed by atoms with van der Waals surface area (Å²) in [6.07, 6.45) is 1.58. The molecule has 6 heteroatoms. The van der Waals surface area contributed by atoms with E-state index in [1.165, 1.54) is 11.3 Å². The van der Waals surface area contributed by atoms with E-state index in [4.69, 9.17) is 4.74 Å². The van der Waals surface area contributed by atoms with Gasteiger partial charge in [0.2, 0.25) is 0 Å². The Hall–Kier alpha value is -0.980. The van der Waals surface area contributed by atoms with Crippen molar-refractivity contribution in [3.8, 4) is 0 Å². The maximum absolute atomic E-state index is 11.9.